The first-order valence-electron chi connectivity index (χ1n) is 7.08. The fraction of sp³-hybridized carbons (Fsp3) is 0.562. The standard InChI is InChI=1S/C16H25NO2/c1-14(2)10-12-17-11-6-9-16(18)19-13-15-7-4-3-5-8-15/h3-5,7-8,14,17H,6,9-13H2,1-2H3. The van der Waals surface area contributed by atoms with Crippen molar-refractivity contribution in [1.82, 2.24) is 5.32 Å². The monoisotopic (exact) mass is 263 g/mol. The second-order valence-electron chi connectivity index (χ2n) is 5.18. The predicted octanol–water partition coefficient (Wildman–Crippen LogP) is 3.15. The van der Waals surface area contributed by atoms with Crippen LogP contribution in [-0.4, -0.2) is 19.1 Å². The third-order valence-electron chi connectivity index (χ3n) is 2.88. The van der Waals surface area contributed by atoms with Gasteiger partial charge in [0.15, 0.2) is 0 Å². The molecule has 0 aromatic heterocycles. The molecule has 0 aliphatic heterocycles. The molecule has 3 heteroatoms. The van der Waals surface area contributed by atoms with Crippen molar-refractivity contribution < 1.29 is 9.53 Å². The van der Waals surface area contributed by atoms with Crippen LogP contribution in [0.25, 0.3) is 0 Å². The highest BCUT2D eigenvalue weighted by atomic mass is 16.5. The molecule has 0 heterocycles. The van der Waals surface area contributed by atoms with E-state index in [0.29, 0.717) is 13.0 Å². The number of rotatable bonds is 9. The summed E-state index contributed by atoms with van der Waals surface area (Å²) in [4.78, 5) is 11.5. The molecule has 0 bridgehead atoms. The smallest absolute Gasteiger partial charge is 0.306 e. The first kappa shape index (κ1) is 15.7. The Morgan fingerprint density at radius 2 is 1.95 bits per heavy atom. The van der Waals surface area contributed by atoms with E-state index in [1.807, 2.05) is 30.3 Å². The summed E-state index contributed by atoms with van der Waals surface area (Å²) in [5.41, 5.74) is 1.03. The van der Waals surface area contributed by atoms with Crippen molar-refractivity contribution in [3.8, 4) is 0 Å². The van der Waals surface area contributed by atoms with Gasteiger partial charge in [0.1, 0.15) is 6.61 Å². The number of carbonyl (C=O) groups is 1. The van der Waals surface area contributed by atoms with Crippen LogP contribution in [0.4, 0.5) is 0 Å². The van der Waals surface area contributed by atoms with Gasteiger partial charge in [-0.3, -0.25) is 4.79 Å². The SMILES string of the molecule is CC(C)CCNCCCC(=O)OCc1ccccc1. The van der Waals surface area contributed by atoms with Gasteiger partial charge < -0.3 is 10.1 Å². The van der Waals surface area contributed by atoms with Crippen molar-refractivity contribution in [3.63, 3.8) is 0 Å². The summed E-state index contributed by atoms with van der Waals surface area (Å²) in [6, 6.07) is 9.76. The van der Waals surface area contributed by atoms with E-state index in [-0.39, 0.29) is 5.97 Å². The average Bonchev–Trinajstić information content (AvgIpc) is 2.41. The third kappa shape index (κ3) is 8.38. The van der Waals surface area contributed by atoms with Crippen LogP contribution >= 0.6 is 0 Å². The van der Waals surface area contributed by atoms with E-state index in [1.165, 1.54) is 6.42 Å². The quantitative estimate of drug-likeness (QED) is 0.549. The van der Waals surface area contributed by atoms with Crippen LogP contribution in [0.1, 0.15) is 38.7 Å². The highest BCUT2D eigenvalue weighted by molar-refractivity contribution is 5.69. The molecule has 0 aliphatic rings. The van der Waals surface area contributed by atoms with E-state index >= 15 is 0 Å². The molecule has 0 spiro atoms. The topological polar surface area (TPSA) is 38.3 Å². The van der Waals surface area contributed by atoms with Crippen LogP contribution in [0, 0.1) is 5.92 Å². The molecule has 1 rings (SSSR count). The van der Waals surface area contributed by atoms with E-state index in [4.69, 9.17) is 4.74 Å². The molecule has 0 saturated heterocycles. The van der Waals surface area contributed by atoms with Crippen LogP contribution in [0.2, 0.25) is 0 Å². The predicted molar refractivity (Wildman–Crippen MR) is 77.8 cm³/mol. The summed E-state index contributed by atoms with van der Waals surface area (Å²) in [5.74, 6) is 0.609. The first-order chi connectivity index (χ1) is 9.18. The number of ether oxygens (including phenoxy) is 1. The number of hydrogen-bond donors (Lipinski definition) is 1. The van der Waals surface area contributed by atoms with E-state index in [2.05, 4.69) is 19.2 Å². The molecule has 1 N–H and O–H groups in total. The summed E-state index contributed by atoms with van der Waals surface area (Å²) in [6.07, 6.45) is 2.51. The second-order valence-corrected chi connectivity index (χ2v) is 5.18. The Bertz CT molecular complexity index is 349. The highest BCUT2D eigenvalue weighted by Gasteiger charge is 2.03. The molecular weight excluding hydrogens is 238 g/mol. The average molecular weight is 263 g/mol. The summed E-state index contributed by atoms with van der Waals surface area (Å²) in [5, 5.41) is 3.34. The number of benzene rings is 1. The van der Waals surface area contributed by atoms with Crippen LogP contribution in [0.5, 0.6) is 0 Å². The lowest BCUT2D eigenvalue weighted by molar-refractivity contribution is -0.145. The van der Waals surface area contributed by atoms with Crippen molar-refractivity contribution in [1.29, 1.82) is 0 Å². The zero-order valence-electron chi connectivity index (χ0n) is 12.0. The minimum atomic E-state index is -0.116. The van der Waals surface area contributed by atoms with Crippen LogP contribution in [-0.2, 0) is 16.1 Å². The van der Waals surface area contributed by atoms with Crippen molar-refractivity contribution in [3.05, 3.63) is 35.9 Å². The molecule has 0 atom stereocenters. The Labute approximate surface area is 116 Å². The van der Waals surface area contributed by atoms with Gasteiger partial charge in [0, 0.05) is 6.42 Å². The number of carbonyl (C=O) groups excluding carboxylic acids is 1. The first-order valence-corrected chi connectivity index (χ1v) is 7.08. The van der Waals surface area contributed by atoms with Gasteiger partial charge in [-0.2, -0.15) is 0 Å². The molecule has 0 saturated carbocycles. The Morgan fingerprint density at radius 1 is 1.21 bits per heavy atom. The lowest BCUT2D eigenvalue weighted by Crippen LogP contribution is -2.19. The molecule has 0 aliphatic carbocycles. The lowest BCUT2D eigenvalue weighted by atomic mass is 10.1. The molecule has 0 radical (unpaired) electrons. The molecular formula is C16H25NO2. The fourth-order valence-electron chi connectivity index (χ4n) is 1.68. The van der Waals surface area contributed by atoms with Crippen molar-refractivity contribution in [2.24, 2.45) is 5.92 Å². The summed E-state index contributed by atoms with van der Waals surface area (Å²) in [6.45, 7) is 6.70. The Hall–Kier alpha value is -1.35. The van der Waals surface area contributed by atoms with E-state index in [0.717, 1.165) is 31.0 Å². The normalized spacial score (nSPS) is 10.7. The zero-order valence-corrected chi connectivity index (χ0v) is 12.0. The van der Waals surface area contributed by atoms with Gasteiger partial charge in [-0.05, 0) is 37.4 Å². The molecule has 1 aromatic carbocycles. The Morgan fingerprint density at radius 3 is 2.63 bits per heavy atom. The largest absolute Gasteiger partial charge is 0.461 e. The summed E-state index contributed by atoms with van der Waals surface area (Å²) < 4.78 is 5.21. The fourth-order valence-corrected chi connectivity index (χ4v) is 1.68. The van der Waals surface area contributed by atoms with E-state index in [1.54, 1.807) is 0 Å². The maximum atomic E-state index is 11.5. The van der Waals surface area contributed by atoms with Gasteiger partial charge in [-0.1, -0.05) is 44.2 Å². The van der Waals surface area contributed by atoms with Gasteiger partial charge in [-0.15, -0.1) is 0 Å². The molecule has 1 aromatic rings. The maximum Gasteiger partial charge on any atom is 0.306 e. The molecule has 0 amide bonds. The van der Waals surface area contributed by atoms with Crippen LogP contribution in [0.15, 0.2) is 30.3 Å². The summed E-state index contributed by atoms with van der Waals surface area (Å²) >= 11 is 0. The van der Waals surface area contributed by atoms with Gasteiger partial charge in [0.05, 0.1) is 0 Å². The maximum absolute atomic E-state index is 11.5. The number of nitrogens with one attached hydrogen (secondary N) is 1. The van der Waals surface area contributed by atoms with Crippen molar-refractivity contribution in [2.75, 3.05) is 13.1 Å². The van der Waals surface area contributed by atoms with Gasteiger partial charge in [0.25, 0.3) is 0 Å². The molecule has 0 fully saturated rings. The van der Waals surface area contributed by atoms with Crippen molar-refractivity contribution in [2.45, 2.75) is 39.7 Å². The van der Waals surface area contributed by atoms with E-state index < -0.39 is 0 Å². The van der Waals surface area contributed by atoms with Gasteiger partial charge >= 0.3 is 5.97 Å². The molecule has 106 valence electrons. The lowest BCUT2D eigenvalue weighted by Gasteiger charge is -2.07. The molecule has 3 nitrogen and oxygen atoms in total. The molecule has 19 heavy (non-hydrogen) atoms. The number of esters is 1. The van der Waals surface area contributed by atoms with E-state index in [9.17, 15) is 4.79 Å². The Kier molecular flexibility index (Phi) is 7.91. The summed E-state index contributed by atoms with van der Waals surface area (Å²) in [7, 11) is 0. The van der Waals surface area contributed by atoms with Gasteiger partial charge in [0.2, 0.25) is 0 Å². The minimum absolute atomic E-state index is 0.116. The Balaban J connectivity index is 1.99. The molecule has 0 unspecified atom stereocenters. The van der Waals surface area contributed by atoms with Crippen molar-refractivity contribution >= 4 is 5.97 Å². The number of hydrogen-bond acceptors (Lipinski definition) is 3. The zero-order chi connectivity index (χ0) is 13.9. The second kappa shape index (κ2) is 9.56. The minimum Gasteiger partial charge on any atom is -0.461 e. The van der Waals surface area contributed by atoms with Crippen LogP contribution in [0.3, 0.4) is 0 Å². The highest BCUT2D eigenvalue weighted by Crippen LogP contribution is 2.02. The third-order valence-corrected chi connectivity index (χ3v) is 2.88. The van der Waals surface area contributed by atoms with Crippen LogP contribution < -0.4 is 5.32 Å². The van der Waals surface area contributed by atoms with Gasteiger partial charge in [-0.25, -0.2) is 0 Å².